The van der Waals surface area contributed by atoms with Crippen LogP contribution in [0.3, 0.4) is 0 Å². The largest absolute Gasteiger partial charge is 0.435 e. The van der Waals surface area contributed by atoms with E-state index in [1.807, 2.05) is 6.92 Å². The Kier molecular flexibility index (Phi) is 6.85. The third-order valence-corrected chi connectivity index (χ3v) is 4.15. The van der Waals surface area contributed by atoms with Crippen molar-refractivity contribution in [2.45, 2.75) is 31.8 Å². The molecule has 0 spiro atoms. The first kappa shape index (κ1) is 21.2. The highest BCUT2D eigenvalue weighted by atomic mass is 35.5. The molecule has 27 heavy (non-hydrogen) atoms. The van der Waals surface area contributed by atoms with Crippen LogP contribution in [0.1, 0.15) is 18.2 Å². The molecule has 148 valence electrons. The number of halogens is 4. The van der Waals surface area contributed by atoms with E-state index >= 15 is 0 Å². The standard InChI is InChI=1S/C17H19F3N4O2.ClH/c1-11-15(21-7-9-26-11)16(25)22-10-12-2-4-13(5-3-12)24-8-6-14(23-24)17(18,19)20;/h2-6,8,11,15,21H,7,9-10H2,1H3,(H,22,25);1H/t11-,15+;/m1./s1. The van der Waals surface area contributed by atoms with E-state index in [1.165, 1.54) is 6.20 Å². The Balaban J connectivity index is 0.00000261. The molecule has 0 unspecified atom stereocenters. The molecule has 1 fully saturated rings. The molecule has 6 nitrogen and oxygen atoms in total. The molecule has 2 atom stereocenters. The van der Waals surface area contributed by atoms with Crippen molar-refractivity contribution in [3.8, 4) is 5.69 Å². The molecule has 2 N–H and O–H groups in total. The van der Waals surface area contributed by atoms with Gasteiger partial charge in [-0.15, -0.1) is 12.4 Å². The summed E-state index contributed by atoms with van der Waals surface area (Å²) in [4.78, 5) is 12.2. The van der Waals surface area contributed by atoms with Crippen LogP contribution in [0.25, 0.3) is 5.69 Å². The predicted octanol–water partition coefficient (Wildman–Crippen LogP) is 2.31. The average Bonchev–Trinajstić information content (AvgIpc) is 3.11. The Morgan fingerprint density at radius 1 is 1.33 bits per heavy atom. The molecule has 2 heterocycles. The van der Waals surface area contributed by atoms with Gasteiger partial charge in [0.15, 0.2) is 5.69 Å². The molecule has 10 heteroatoms. The summed E-state index contributed by atoms with van der Waals surface area (Å²) in [6.45, 7) is 3.36. The van der Waals surface area contributed by atoms with Gasteiger partial charge in [0.1, 0.15) is 6.04 Å². The third kappa shape index (κ3) is 5.21. The Hall–Kier alpha value is -2.10. The zero-order valence-electron chi connectivity index (χ0n) is 14.5. The van der Waals surface area contributed by atoms with Crippen LogP contribution in [0.2, 0.25) is 0 Å². The smallest absolute Gasteiger partial charge is 0.375 e. The van der Waals surface area contributed by atoms with Gasteiger partial charge in [-0.1, -0.05) is 12.1 Å². The summed E-state index contributed by atoms with van der Waals surface area (Å²) in [6, 6.07) is 7.30. The molecular formula is C17H20ClF3N4O2. The zero-order valence-corrected chi connectivity index (χ0v) is 15.3. The lowest BCUT2D eigenvalue weighted by atomic mass is 10.1. The van der Waals surface area contributed by atoms with Gasteiger partial charge in [0.25, 0.3) is 0 Å². The van der Waals surface area contributed by atoms with E-state index in [2.05, 4.69) is 15.7 Å². The van der Waals surface area contributed by atoms with Crippen molar-refractivity contribution in [3.05, 3.63) is 47.8 Å². The molecule has 1 aromatic heterocycles. The second-order valence-electron chi connectivity index (χ2n) is 6.04. The minimum Gasteiger partial charge on any atom is -0.375 e. The quantitative estimate of drug-likeness (QED) is 0.820. The highest BCUT2D eigenvalue weighted by Gasteiger charge is 2.33. The Morgan fingerprint density at radius 2 is 2.04 bits per heavy atom. The second-order valence-corrected chi connectivity index (χ2v) is 6.04. The molecule has 1 amide bonds. The maximum absolute atomic E-state index is 12.6. The van der Waals surface area contributed by atoms with E-state index in [4.69, 9.17) is 4.74 Å². The van der Waals surface area contributed by atoms with Crippen LogP contribution in [0.5, 0.6) is 0 Å². The van der Waals surface area contributed by atoms with E-state index in [0.29, 0.717) is 25.4 Å². The minimum atomic E-state index is -4.47. The van der Waals surface area contributed by atoms with E-state index in [-0.39, 0.29) is 24.4 Å². The summed E-state index contributed by atoms with van der Waals surface area (Å²) in [7, 11) is 0. The molecule has 1 aliphatic heterocycles. The topological polar surface area (TPSA) is 68.2 Å². The lowest BCUT2D eigenvalue weighted by Crippen LogP contribution is -2.55. The van der Waals surface area contributed by atoms with Crippen LogP contribution < -0.4 is 10.6 Å². The van der Waals surface area contributed by atoms with Gasteiger partial charge in [0.2, 0.25) is 5.91 Å². The molecule has 1 saturated heterocycles. The molecule has 0 saturated carbocycles. The summed E-state index contributed by atoms with van der Waals surface area (Å²) >= 11 is 0. The van der Waals surface area contributed by atoms with Gasteiger partial charge in [0, 0.05) is 19.3 Å². The van der Waals surface area contributed by atoms with Crippen LogP contribution in [-0.4, -0.2) is 41.0 Å². The first-order valence-electron chi connectivity index (χ1n) is 8.19. The SMILES string of the molecule is C[C@H]1OCCN[C@@H]1C(=O)NCc1ccc(-n2ccc(C(F)(F)F)n2)cc1.Cl. The number of hydrogen-bond acceptors (Lipinski definition) is 4. The summed E-state index contributed by atoms with van der Waals surface area (Å²) in [6.07, 6.45) is -3.41. The summed E-state index contributed by atoms with van der Waals surface area (Å²) < 4.78 is 44.4. The monoisotopic (exact) mass is 404 g/mol. The van der Waals surface area contributed by atoms with Crippen LogP contribution in [-0.2, 0) is 22.3 Å². The van der Waals surface area contributed by atoms with Crippen LogP contribution >= 0.6 is 12.4 Å². The lowest BCUT2D eigenvalue weighted by Gasteiger charge is -2.29. The van der Waals surface area contributed by atoms with Crippen molar-refractivity contribution in [2.75, 3.05) is 13.2 Å². The molecular weight excluding hydrogens is 385 g/mol. The Morgan fingerprint density at radius 3 is 2.63 bits per heavy atom. The highest BCUT2D eigenvalue weighted by Crippen LogP contribution is 2.27. The molecule has 1 aliphatic rings. The number of carbonyl (C=O) groups excluding carboxylic acids is 1. The number of nitrogens with zero attached hydrogens (tertiary/aromatic N) is 2. The van der Waals surface area contributed by atoms with Crippen molar-refractivity contribution in [3.63, 3.8) is 0 Å². The zero-order chi connectivity index (χ0) is 18.7. The van der Waals surface area contributed by atoms with Crippen molar-refractivity contribution in [1.82, 2.24) is 20.4 Å². The van der Waals surface area contributed by atoms with Gasteiger partial charge in [-0.25, -0.2) is 4.68 Å². The van der Waals surface area contributed by atoms with Gasteiger partial charge in [0.05, 0.1) is 18.4 Å². The first-order valence-corrected chi connectivity index (χ1v) is 8.19. The third-order valence-electron chi connectivity index (χ3n) is 4.15. The summed E-state index contributed by atoms with van der Waals surface area (Å²) in [5, 5.41) is 9.46. The minimum absolute atomic E-state index is 0. The number of benzene rings is 1. The number of alkyl halides is 3. The van der Waals surface area contributed by atoms with E-state index < -0.39 is 17.9 Å². The fraction of sp³-hybridized carbons (Fsp3) is 0.412. The van der Waals surface area contributed by atoms with Gasteiger partial charge < -0.3 is 15.4 Å². The van der Waals surface area contributed by atoms with Crippen molar-refractivity contribution >= 4 is 18.3 Å². The Labute approximate surface area is 160 Å². The van der Waals surface area contributed by atoms with Crippen LogP contribution in [0.4, 0.5) is 13.2 Å². The van der Waals surface area contributed by atoms with E-state index in [9.17, 15) is 18.0 Å². The number of aromatic nitrogens is 2. The van der Waals surface area contributed by atoms with Crippen LogP contribution in [0.15, 0.2) is 36.5 Å². The molecule has 0 aliphatic carbocycles. The number of morpholine rings is 1. The summed E-state index contributed by atoms with van der Waals surface area (Å²) in [5.74, 6) is -0.150. The molecule has 2 aromatic rings. The number of ether oxygens (including phenoxy) is 1. The van der Waals surface area contributed by atoms with Gasteiger partial charge in [-0.3, -0.25) is 4.79 Å². The maximum atomic E-state index is 12.6. The first-order chi connectivity index (χ1) is 12.3. The normalized spacial score (nSPS) is 20.0. The van der Waals surface area contributed by atoms with Crippen molar-refractivity contribution in [2.24, 2.45) is 0 Å². The molecule has 1 aromatic carbocycles. The van der Waals surface area contributed by atoms with Crippen molar-refractivity contribution in [1.29, 1.82) is 0 Å². The number of nitrogens with one attached hydrogen (secondary N) is 2. The number of carbonyl (C=O) groups is 1. The average molecular weight is 405 g/mol. The number of hydrogen-bond donors (Lipinski definition) is 2. The molecule has 0 bridgehead atoms. The van der Waals surface area contributed by atoms with E-state index in [1.54, 1.807) is 24.3 Å². The van der Waals surface area contributed by atoms with Crippen LogP contribution in [0, 0.1) is 0 Å². The number of amides is 1. The van der Waals surface area contributed by atoms with Gasteiger partial charge in [-0.2, -0.15) is 18.3 Å². The van der Waals surface area contributed by atoms with Gasteiger partial charge >= 0.3 is 6.18 Å². The fourth-order valence-corrected chi connectivity index (χ4v) is 2.71. The van der Waals surface area contributed by atoms with Gasteiger partial charge in [-0.05, 0) is 30.7 Å². The second kappa shape index (κ2) is 8.73. The lowest BCUT2D eigenvalue weighted by molar-refractivity contribution is -0.141. The fourth-order valence-electron chi connectivity index (χ4n) is 2.71. The summed E-state index contributed by atoms with van der Waals surface area (Å²) in [5.41, 5.74) is 0.395. The molecule has 3 rings (SSSR count). The Bertz CT molecular complexity index is 764. The number of rotatable bonds is 4. The van der Waals surface area contributed by atoms with E-state index in [0.717, 1.165) is 16.3 Å². The predicted molar refractivity (Wildman–Crippen MR) is 94.9 cm³/mol. The highest BCUT2D eigenvalue weighted by molar-refractivity contribution is 5.85. The van der Waals surface area contributed by atoms with Crippen molar-refractivity contribution < 1.29 is 22.7 Å². The maximum Gasteiger partial charge on any atom is 0.435 e. The molecule has 0 radical (unpaired) electrons.